The molecule has 3 rings (SSSR count). The van der Waals surface area contributed by atoms with Crippen molar-refractivity contribution in [2.24, 2.45) is 0 Å². The average molecular weight is 265 g/mol. The van der Waals surface area contributed by atoms with E-state index in [1.165, 1.54) is 11.1 Å². The van der Waals surface area contributed by atoms with Gasteiger partial charge < -0.3 is 9.73 Å². The first-order valence-corrected chi connectivity index (χ1v) is 7.00. The Balaban J connectivity index is 1.71. The molecule has 0 saturated carbocycles. The minimum atomic E-state index is 0.310. The van der Waals surface area contributed by atoms with Crippen molar-refractivity contribution in [1.82, 2.24) is 5.32 Å². The third kappa shape index (κ3) is 2.61. The summed E-state index contributed by atoms with van der Waals surface area (Å²) in [4.78, 5) is 0. The van der Waals surface area contributed by atoms with Gasteiger partial charge in [-0.15, -0.1) is 0 Å². The highest BCUT2D eigenvalue weighted by atomic mass is 16.3. The molecule has 0 aliphatic heterocycles. The van der Waals surface area contributed by atoms with Crippen molar-refractivity contribution in [3.63, 3.8) is 0 Å². The lowest BCUT2D eigenvalue weighted by molar-refractivity contribution is 0.481. The lowest BCUT2D eigenvalue weighted by Crippen LogP contribution is -2.18. The highest BCUT2D eigenvalue weighted by molar-refractivity contribution is 5.77. The van der Waals surface area contributed by atoms with Crippen LogP contribution in [0.5, 0.6) is 0 Å². The Kier molecular flexibility index (Phi) is 3.57. The van der Waals surface area contributed by atoms with Gasteiger partial charge in [0.1, 0.15) is 11.3 Å². The molecule has 0 aliphatic carbocycles. The summed E-state index contributed by atoms with van der Waals surface area (Å²) in [5.41, 5.74) is 3.61. The Morgan fingerprint density at radius 3 is 2.60 bits per heavy atom. The van der Waals surface area contributed by atoms with Crippen LogP contribution in [0.15, 0.2) is 59.0 Å². The molecule has 0 unspecified atom stereocenters. The van der Waals surface area contributed by atoms with Gasteiger partial charge in [0.25, 0.3) is 0 Å². The Labute approximate surface area is 119 Å². The molecule has 0 saturated heterocycles. The Bertz CT molecular complexity index is 681. The number of hydrogen-bond acceptors (Lipinski definition) is 2. The van der Waals surface area contributed by atoms with E-state index in [4.69, 9.17) is 4.42 Å². The van der Waals surface area contributed by atoms with Gasteiger partial charge in [-0.05, 0) is 37.1 Å². The van der Waals surface area contributed by atoms with Crippen LogP contribution in [-0.2, 0) is 6.54 Å². The molecule has 0 amide bonds. The molecule has 0 fully saturated rings. The molecule has 1 N–H and O–H groups in total. The summed E-state index contributed by atoms with van der Waals surface area (Å²) in [6.07, 6.45) is 0. The number of benzene rings is 2. The summed E-state index contributed by atoms with van der Waals surface area (Å²) in [6, 6.07) is 19.0. The van der Waals surface area contributed by atoms with Crippen molar-refractivity contribution < 1.29 is 4.42 Å². The highest BCUT2D eigenvalue weighted by Crippen LogP contribution is 2.21. The van der Waals surface area contributed by atoms with Gasteiger partial charge in [0.05, 0.1) is 6.54 Å². The fourth-order valence-corrected chi connectivity index (χ4v) is 2.56. The molecule has 3 aromatic rings. The average Bonchev–Trinajstić information content (AvgIpc) is 2.88. The molecular formula is C18H19NO. The fraction of sp³-hybridized carbons (Fsp3) is 0.222. The van der Waals surface area contributed by atoms with Crippen LogP contribution in [0.2, 0.25) is 0 Å². The number of para-hydroxylation sites is 1. The monoisotopic (exact) mass is 265 g/mol. The van der Waals surface area contributed by atoms with E-state index in [2.05, 4.69) is 55.6 Å². The lowest BCUT2D eigenvalue weighted by Gasteiger charge is -2.15. The lowest BCUT2D eigenvalue weighted by atomic mass is 10.0. The van der Waals surface area contributed by atoms with Crippen LogP contribution in [0, 0.1) is 6.92 Å². The van der Waals surface area contributed by atoms with Crippen LogP contribution in [0.4, 0.5) is 0 Å². The maximum atomic E-state index is 5.82. The zero-order valence-corrected chi connectivity index (χ0v) is 11.9. The van der Waals surface area contributed by atoms with Gasteiger partial charge >= 0.3 is 0 Å². The van der Waals surface area contributed by atoms with Crippen LogP contribution in [0.3, 0.4) is 0 Å². The van der Waals surface area contributed by atoms with Gasteiger partial charge in [-0.1, -0.05) is 42.5 Å². The van der Waals surface area contributed by atoms with E-state index in [0.717, 1.165) is 23.3 Å². The van der Waals surface area contributed by atoms with Crippen molar-refractivity contribution in [1.29, 1.82) is 0 Å². The van der Waals surface area contributed by atoms with Crippen molar-refractivity contribution in [3.8, 4) is 0 Å². The van der Waals surface area contributed by atoms with Gasteiger partial charge in [0, 0.05) is 11.4 Å². The molecule has 0 aliphatic rings. The van der Waals surface area contributed by atoms with Crippen molar-refractivity contribution in [2.75, 3.05) is 0 Å². The van der Waals surface area contributed by atoms with E-state index in [0.29, 0.717) is 6.04 Å². The van der Waals surface area contributed by atoms with Gasteiger partial charge in [0.15, 0.2) is 0 Å². The van der Waals surface area contributed by atoms with Gasteiger partial charge in [-0.3, -0.25) is 0 Å². The minimum absolute atomic E-state index is 0.310. The van der Waals surface area contributed by atoms with Crippen molar-refractivity contribution in [2.45, 2.75) is 26.4 Å². The van der Waals surface area contributed by atoms with E-state index in [-0.39, 0.29) is 0 Å². The quantitative estimate of drug-likeness (QED) is 0.746. The Hall–Kier alpha value is -2.06. The summed E-state index contributed by atoms with van der Waals surface area (Å²) in [6.45, 7) is 5.07. The van der Waals surface area contributed by atoms with E-state index < -0.39 is 0 Å². The van der Waals surface area contributed by atoms with E-state index in [9.17, 15) is 0 Å². The van der Waals surface area contributed by atoms with Crippen LogP contribution >= 0.6 is 0 Å². The number of aryl methyl sites for hydroxylation is 1. The molecule has 0 bridgehead atoms. The van der Waals surface area contributed by atoms with Crippen LogP contribution in [0.25, 0.3) is 11.0 Å². The van der Waals surface area contributed by atoms with Crippen molar-refractivity contribution in [3.05, 3.63) is 71.5 Å². The molecule has 2 nitrogen and oxygen atoms in total. The number of nitrogens with one attached hydrogen (secondary N) is 1. The maximum absolute atomic E-state index is 5.82. The van der Waals surface area contributed by atoms with Gasteiger partial charge in [-0.2, -0.15) is 0 Å². The highest BCUT2D eigenvalue weighted by Gasteiger charge is 2.09. The topological polar surface area (TPSA) is 25.2 Å². The fourth-order valence-electron chi connectivity index (χ4n) is 2.56. The van der Waals surface area contributed by atoms with E-state index in [1.54, 1.807) is 0 Å². The van der Waals surface area contributed by atoms with Crippen molar-refractivity contribution >= 4 is 11.0 Å². The van der Waals surface area contributed by atoms with E-state index >= 15 is 0 Å². The molecule has 1 atom stereocenters. The molecule has 0 radical (unpaired) electrons. The predicted molar refractivity (Wildman–Crippen MR) is 82.6 cm³/mol. The zero-order valence-electron chi connectivity index (χ0n) is 11.9. The molecule has 20 heavy (non-hydrogen) atoms. The SMILES string of the molecule is Cc1ccccc1[C@H](C)NCc1cc2ccccc2o1. The Morgan fingerprint density at radius 1 is 1.05 bits per heavy atom. The molecular weight excluding hydrogens is 246 g/mol. The zero-order chi connectivity index (χ0) is 13.9. The second kappa shape index (κ2) is 5.51. The first kappa shape index (κ1) is 12.9. The van der Waals surface area contributed by atoms with Gasteiger partial charge in [-0.25, -0.2) is 0 Å². The summed E-state index contributed by atoms with van der Waals surface area (Å²) in [7, 11) is 0. The van der Waals surface area contributed by atoms with Crippen LogP contribution in [0.1, 0.15) is 29.9 Å². The normalized spacial score (nSPS) is 12.7. The second-order valence-electron chi connectivity index (χ2n) is 5.21. The first-order chi connectivity index (χ1) is 9.74. The molecule has 1 heterocycles. The maximum Gasteiger partial charge on any atom is 0.134 e. The molecule has 1 aromatic heterocycles. The molecule has 102 valence electrons. The largest absolute Gasteiger partial charge is 0.460 e. The Morgan fingerprint density at radius 2 is 1.80 bits per heavy atom. The standard InChI is InChI=1S/C18H19NO/c1-13-7-3-5-9-17(13)14(2)19-12-16-11-15-8-4-6-10-18(15)20-16/h3-11,14,19H,12H2,1-2H3/t14-/m0/s1. The smallest absolute Gasteiger partial charge is 0.134 e. The third-order valence-corrected chi connectivity index (χ3v) is 3.71. The third-order valence-electron chi connectivity index (χ3n) is 3.71. The second-order valence-corrected chi connectivity index (χ2v) is 5.21. The van der Waals surface area contributed by atoms with Crippen LogP contribution < -0.4 is 5.32 Å². The first-order valence-electron chi connectivity index (χ1n) is 7.00. The number of hydrogen-bond donors (Lipinski definition) is 1. The summed E-state index contributed by atoms with van der Waals surface area (Å²) >= 11 is 0. The summed E-state index contributed by atoms with van der Waals surface area (Å²) < 4.78 is 5.82. The number of furan rings is 1. The molecule has 2 aromatic carbocycles. The molecule has 0 spiro atoms. The number of rotatable bonds is 4. The summed E-state index contributed by atoms with van der Waals surface area (Å²) in [5.74, 6) is 0.978. The number of fused-ring (bicyclic) bond motifs is 1. The minimum Gasteiger partial charge on any atom is -0.460 e. The molecule has 2 heteroatoms. The van der Waals surface area contributed by atoms with Gasteiger partial charge in [0.2, 0.25) is 0 Å². The summed E-state index contributed by atoms with van der Waals surface area (Å²) in [5, 5.41) is 4.68. The predicted octanol–water partition coefficient (Wildman–Crippen LogP) is 4.59. The van der Waals surface area contributed by atoms with E-state index in [1.807, 2.05) is 18.2 Å². The van der Waals surface area contributed by atoms with Crippen LogP contribution in [-0.4, -0.2) is 0 Å².